The molecule has 0 aromatic carbocycles. The molecule has 0 aromatic heterocycles. The van der Waals surface area contributed by atoms with E-state index in [2.05, 4.69) is 18.7 Å². The third kappa shape index (κ3) is 3.60. The molecule has 0 unspecified atom stereocenters. The van der Waals surface area contributed by atoms with Gasteiger partial charge in [-0.3, -0.25) is 0 Å². The Hall–Kier alpha value is -0.970. The largest absolute Gasteiger partial charge is 0.377 e. The molecule has 0 radical (unpaired) electrons. The minimum atomic E-state index is 0.967. The van der Waals surface area contributed by atoms with Crippen molar-refractivity contribution < 1.29 is 0 Å². The first-order valence-corrected chi connectivity index (χ1v) is 3.15. The smallest absolute Gasteiger partial charge is 0.0927 e. The molecule has 9 heavy (non-hydrogen) atoms. The number of nitrogens with zero attached hydrogens (tertiary/aromatic N) is 2. The fourth-order valence-corrected chi connectivity index (χ4v) is 0.573. The van der Waals surface area contributed by atoms with Crippen LogP contribution in [0, 0.1) is 11.3 Å². The standard InChI is InChI=1S/C7H12N2/c1-3-9(4-2)7-5-6-8/h5,7H,3-4H2,1-2H3. The Morgan fingerprint density at radius 2 is 2.00 bits per heavy atom. The van der Waals surface area contributed by atoms with E-state index in [1.54, 1.807) is 6.20 Å². The van der Waals surface area contributed by atoms with Crippen LogP contribution in [-0.2, 0) is 0 Å². The lowest BCUT2D eigenvalue weighted by Gasteiger charge is -2.13. The molecule has 0 aliphatic carbocycles. The molecule has 0 atom stereocenters. The maximum Gasteiger partial charge on any atom is 0.0927 e. The summed E-state index contributed by atoms with van der Waals surface area (Å²) < 4.78 is 0. The summed E-state index contributed by atoms with van der Waals surface area (Å²) in [6, 6.07) is 1.94. The summed E-state index contributed by atoms with van der Waals surface area (Å²) in [5.41, 5.74) is 0. The maximum absolute atomic E-state index is 8.14. The van der Waals surface area contributed by atoms with Crippen LogP contribution in [0.2, 0.25) is 0 Å². The molecule has 2 heteroatoms. The second-order valence-electron chi connectivity index (χ2n) is 1.67. The van der Waals surface area contributed by atoms with E-state index in [1.807, 2.05) is 6.07 Å². The lowest BCUT2D eigenvalue weighted by molar-refractivity contribution is 0.419. The van der Waals surface area contributed by atoms with Gasteiger partial charge in [0.1, 0.15) is 0 Å². The van der Waals surface area contributed by atoms with E-state index in [9.17, 15) is 0 Å². The van der Waals surface area contributed by atoms with E-state index in [0.717, 1.165) is 13.1 Å². The molecule has 0 saturated heterocycles. The zero-order valence-electron chi connectivity index (χ0n) is 5.96. The van der Waals surface area contributed by atoms with Crippen molar-refractivity contribution in [3.8, 4) is 6.07 Å². The van der Waals surface area contributed by atoms with Crippen molar-refractivity contribution in [2.24, 2.45) is 0 Å². The van der Waals surface area contributed by atoms with Gasteiger partial charge in [-0.05, 0) is 13.8 Å². The van der Waals surface area contributed by atoms with Crippen LogP contribution in [0.4, 0.5) is 0 Å². The van der Waals surface area contributed by atoms with Gasteiger partial charge in [-0.25, -0.2) is 0 Å². The molecule has 0 aliphatic heterocycles. The van der Waals surface area contributed by atoms with Crippen LogP contribution in [0.5, 0.6) is 0 Å². The fourth-order valence-electron chi connectivity index (χ4n) is 0.573. The first-order valence-electron chi connectivity index (χ1n) is 3.15. The van der Waals surface area contributed by atoms with Gasteiger partial charge in [0.2, 0.25) is 0 Å². The molecule has 0 rings (SSSR count). The molecule has 0 fully saturated rings. The van der Waals surface area contributed by atoms with E-state index < -0.39 is 0 Å². The molecule has 50 valence electrons. The van der Waals surface area contributed by atoms with E-state index in [0.29, 0.717) is 0 Å². The molecule has 0 saturated carbocycles. The molecule has 0 N–H and O–H groups in total. The highest BCUT2D eigenvalue weighted by atomic mass is 15.1. The third-order valence-corrected chi connectivity index (χ3v) is 1.17. The van der Waals surface area contributed by atoms with Gasteiger partial charge in [0.25, 0.3) is 0 Å². The van der Waals surface area contributed by atoms with Gasteiger partial charge >= 0.3 is 0 Å². The quantitative estimate of drug-likeness (QED) is 0.531. The monoisotopic (exact) mass is 124 g/mol. The summed E-state index contributed by atoms with van der Waals surface area (Å²) in [5.74, 6) is 0. The van der Waals surface area contributed by atoms with Crippen molar-refractivity contribution >= 4 is 0 Å². The molecule has 0 spiro atoms. The van der Waals surface area contributed by atoms with Gasteiger partial charge < -0.3 is 4.90 Å². The second-order valence-corrected chi connectivity index (χ2v) is 1.67. The molecule has 0 amide bonds. The Morgan fingerprint density at radius 3 is 2.33 bits per heavy atom. The fraction of sp³-hybridized carbons (Fsp3) is 0.571. The topological polar surface area (TPSA) is 27.0 Å². The average molecular weight is 124 g/mol. The van der Waals surface area contributed by atoms with Gasteiger partial charge in [0.05, 0.1) is 6.07 Å². The van der Waals surface area contributed by atoms with Crippen molar-refractivity contribution in [3.05, 3.63) is 12.3 Å². The number of nitriles is 1. The average Bonchev–Trinajstić information content (AvgIpc) is 1.91. The molecular weight excluding hydrogens is 112 g/mol. The Morgan fingerprint density at radius 1 is 1.44 bits per heavy atom. The molecule has 0 heterocycles. The van der Waals surface area contributed by atoms with E-state index in [4.69, 9.17) is 5.26 Å². The molecule has 2 nitrogen and oxygen atoms in total. The summed E-state index contributed by atoms with van der Waals surface area (Å²) in [6.45, 7) is 6.06. The highest BCUT2D eigenvalue weighted by Gasteiger charge is 1.86. The third-order valence-electron chi connectivity index (χ3n) is 1.17. The number of hydrogen-bond acceptors (Lipinski definition) is 2. The Bertz CT molecular complexity index is 117. The zero-order chi connectivity index (χ0) is 7.11. The van der Waals surface area contributed by atoms with Gasteiger partial charge in [0.15, 0.2) is 0 Å². The summed E-state index contributed by atoms with van der Waals surface area (Å²) in [4.78, 5) is 2.06. The minimum absolute atomic E-state index is 0.967. The van der Waals surface area contributed by atoms with Crippen molar-refractivity contribution in [2.45, 2.75) is 13.8 Å². The van der Waals surface area contributed by atoms with Crippen molar-refractivity contribution in [1.82, 2.24) is 4.90 Å². The van der Waals surface area contributed by atoms with Crippen molar-refractivity contribution in [2.75, 3.05) is 13.1 Å². The number of hydrogen-bond donors (Lipinski definition) is 0. The first kappa shape index (κ1) is 8.03. The van der Waals surface area contributed by atoms with Gasteiger partial charge in [-0.2, -0.15) is 5.26 Å². The highest BCUT2D eigenvalue weighted by Crippen LogP contribution is 1.85. The Balaban J connectivity index is 3.57. The molecule has 0 bridgehead atoms. The summed E-state index contributed by atoms with van der Waals surface area (Å²) in [6.07, 6.45) is 3.30. The maximum atomic E-state index is 8.14. The molecule has 0 aliphatic rings. The number of allylic oxidation sites excluding steroid dienone is 1. The highest BCUT2D eigenvalue weighted by molar-refractivity contribution is 5.00. The molecule has 0 aromatic rings. The zero-order valence-corrected chi connectivity index (χ0v) is 5.96. The lowest BCUT2D eigenvalue weighted by Crippen LogP contribution is -2.14. The number of rotatable bonds is 3. The van der Waals surface area contributed by atoms with E-state index in [-0.39, 0.29) is 0 Å². The van der Waals surface area contributed by atoms with Crippen LogP contribution >= 0.6 is 0 Å². The minimum Gasteiger partial charge on any atom is -0.377 e. The second kappa shape index (κ2) is 5.17. The summed E-state index contributed by atoms with van der Waals surface area (Å²) in [5, 5.41) is 8.14. The van der Waals surface area contributed by atoms with Crippen LogP contribution in [0.3, 0.4) is 0 Å². The Labute approximate surface area is 56.4 Å². The van der Waals surface area contributed by atoms with E-state index >= 15 is 0 Å². The SMILES string of the molecule is CCN(C=CC#N)CC. The predicted octanol–water partition coefficient (Wildman–Crippen LogP) is 1.37. The van der Waals surface area contributed by atoms with Gasteiger partial charge in [-0.1, -0.05) is 0 Å². The van der Waals surface area contributed by atoms with E-state index in [1.165, 1.54) is 6.08 Å². The van der Waals surface area contributed by atoms with Crippen LogP contribution in [0.15, 0.2) is 12.3 Å². The van der Waals surface area contributed by atoms with Crippen molar-refractivity contribution in [3.63, 3.8) is 0 Å². The van der Waals surface area contributed by atoms with Crippen LogP contribution < -0.4 is 0 Å². The van der Waals surface area contributed by atoms with Gasteiger partial charge in [-0.15, -0.1) is 0 Å². The van der Waals surface area contributed by atoms with Crippen LogP contribution in [0.1, 0.15) is 13.8 Å². The van der Waals surface area contributed by atoms with Crippen LogP contribution in [-0.4, -0.2) is 18.0 Å². The summed E-state index contributed by atoms with van der Waals surface area (Å²) >= 11 is 0. The van der Waals surface area contributed by atoms with Crippen molar-refractivity contribution in [1.29, 1.82) is 5.26 Å². The molecular formula is C7H12N2. The Kier molecular flexibility index (Phi) is 4.61. The summed E-state index contributed by atoms with van der Waals surface area (Å²) in [7, 11) is 0. The normalized spacial score (nSPS) is 9.44. The van der Waals surface area contributed by atoms with Crippen LogP contribution in [0.25, 0.3) is 0 Å². The predicted molar refractivity (Wildman–Crippen MR) is 37.7 cm³/mol. The lowest BCUT2D eigenvalue weighted by atomic mass is 10.5. The van der Waals surface area contributed by atoms with Gasteiger partial charge in [0, 0.05) is 25.4 Å². The first-order chi connectivity index (χ1) is 4.35.